The molecule has 24 heavy (non-hydrogen) atoms. The largest absolute Gasteiger partial charge is 0.464 e. The Morgan fingerprint density at radius 3 is 2.42 bits per heavy atom. The van der Waals surface area contributed by atoms with Gasteiger partial charge in [-0.15, -0.1) is 0 Å². The van der Waals surface area contributed by atoms with E-state index >= 15 is 0 Å². The fourth-order valence-corrected chi connectivity index (χ4v) is 2.23. The topological polar surface area (TPSA) is 72.0 Å². The van der Waals surface area contributed by atoms with E-state index < -0.39 is 0 Å². The first-order valence-corrected chi connectivity index (χ1v) is 8.74. The van der Waals surface area contributed by atoms with Crippen molar-refractivity contribution in [3.05, 3.63) is 29.3 Å². The van der Waals surface area contributed by atoms with Crippen LogP contribution in [0.15, 0.2) is 24.3 Å². The summed E-state index contributed by atoms with van der Waals surface area (Å²) in [5, 5.41) is 7.06. The third-order valence-electron chi connectivity index (χ3n) is 3.30. The van der Waals surface area contributed by atoms with Crippen molar-refractivity contribution >= 4 is 29.2 Å². The van der Waals surface area contributed by atoms with Crippen LogP contribution in [0.5, 0.6) is 6.01 Å². The van der Waals surface area contributed by atoms with Crippen LogP contribution in [0.3, 0.4) is 0 Å². The quantitative estimate of drug-likeness (QED) is 0.608. The summed E-state index contributed by atoms with van der Waals surface area (Å²) in [6.07, 6.45) is 4.74. The summed E-state index contributed by atoms with van der Waals surface area (Å²) in [6.45, 7) is 5.42. The van der Waals surface area contributed by atoms with E-state index in [1.54, 1.807) is 12.1 Å². The van der Waals surface area contributed by atoms with Gasteiger partial charge in [0.15, 0.2) is 0 Å². The van der Waals surface area contributed by atoms with Crippen molar-refractivity contribution in [2.24, 2.45) is 0 Å². The number of hydrogen-bond acceptors (Lipinski definition) is 6. The number of hydrogen-bond donors (Lipinski definition) is 2. The third kappa shape index (κ3) is 6.20. The molecule has 1 aromatic heterocycles. The van der Waals surface area contributed by atoms with E-state index in [1.165, 1.54) is 19.3 Å². The number of nitrogens with one attached hydrogen (secondary N) is 2. The molecule has 7 heteroatoms. The fraction of sp³-hybridized carbons (Fsp3) is 0.471. The second-order valence-electron chi connectivity index (χ2n) is 5.32. The van der Waals surface area contributed by atoms with Gasteiger partial charge >= 0.3 is 6.01 Å². The lowest BCUT2D eigenvalue weighted by molar-refractivity contribution is 0.312. The summed E-state index contributed by atoms with van der Waals surface area (Å²) in [5.41, 5.74) is 0.849. The summed E-state index contributed by atoms with van der Waals surface area (Å²) >= 11 is 5.90. The molecule has 0 amide bonds. The monoisotopic (exact) mass is 349 g/mol. The maximum absolute atomic E-state index is 5.90. The first kappa shape index (κ1) is 18.3. The fourth-order valence-electron chi connectivity index (χ4n) is 2.10. The van der Waals surface area contributed by atoms with Crippen molar-refractivity contribution in [3.63, 3.8) is 0 Å². The van der Waals surface area contributed by atoms with Crippen molar-refractivity contribution in [2.75, 3.05) is 23.8 Å². The van der Waals surface area contributed by atoms with Crippen LogP contribution in [0.2, 0.25) is 5.02 Å². The molecule has 6 nitrogen and oxygen atoms in total. The molecule has 0 unspecified atom stereocenters. The molecule has 0 radical (unpaired) electrons. The van der Waals surface area contributed by atoms with Crippen molar-refractivity contribution in [1.29, 1.82) is 0 Å². The predicted octanol–water partition coefficient (Wildman–Crippen LogP) is 4.66. The molecule has 0 aliphatic carbocycles. The first-order chi connectivity index (χ1) is 11.7. The minimum atomic E-state index is 0.306. The second kappa shape index (κ2) is 9.93. The zero-order chi connectivity index (χ0) is 17.2. The molecule has 1 heterocycles. The smallest absolute Gasteiger partial charge is 0.323 e. The number of nitrogens with zero attached hydrogens (tertiary/aromatic N) is 3. The summed E-state index contributed by atoms with van der Waals surface area (Å²) in [7, 11) is 0. The normalized spacial score (nSPS) is 10.5. The number of ether oxygens (including phenoxy) is 1. The number of unbranched alkanes of at least 4 members (excludes halogenated alkanes) is 3. The van der Waals surface area contributed by atoms with E-state index in [-0.39, 0.29) is 0 Å². The van der Waals surface area contributed by atoms with Crippen molar-refractivity contribution in [2.45, 2.75) is 39.5 Å². The molecule has 2 aromatic rings. The number of rotatable bonds is 10. The molecular weight excluding hydrogens is 326 g/mol. The molecule has 2 rings (SSSR count). The minimum Gasteiger partial charge on any atom is -0.464 e. The van der Waals surface area contributed by atoms with Gasteiger partial charge in [-0.3, -0.25) is 0 Å². The Bertz CT molecular complexity index is 621. The molecule has 0 saturated heterocycles. The predicted molar refractivity (Wildman–Crippen MR) is 98.4 cm³/mol. The highest BCUT2D eigenvalue weighted by Gasteiger charge is 2.07. The van der Waals surface area contributed by atoms with Crippen LogP contribution in [-0.2, 0) is 0 Å². The summed E-state index contributed by atoms with van der Waals surface area (Å²) in [5.74, 6) is 0.952. The Morgan fingerprint density at radius 2 is 1.71 bits per heavy atom. The van der Waals surface area contributed by atoms with Crippen molar-refractivity contribution in [1.82, 2.24) is 15.0 Å². The van der Waals surface area contributed by atoms with Crippen LogP contribution in [0.4, 0.5) is 17.6 Å². The summed E-state index contributed by atoms with van der Waals surface area (Å²) < 4.78 is 5.43. The molecule has 0 atom stereocenters. The molecule has 0 fully saturated rings. The van der Waals surface area contributed by atoms with Gasteiger partial charge in [0, 0.05) is 17.3 Å². The highest BCUT2D eigenvalue weighted by Crippen LogP contribution is 2.19. The lowest BCUT2D eigenvalue weighted by Crippen LogP contribution is -2.10. The zero-order valence-electron chi connectivity index (χ0n) is 14.2. The number of aromatic nitrogens is 3. The maximum atomic E-state index is 5.90. The van der Waals surface area contributed by atoms with Gasteiger partial charge in [0.05, 0.1) is 6.61 Å². The zero-order valence-corrected chi connectivity index (χ0v) is 14.9. The van der Waals surface area contributed by atoms with Crippen LogP contribution < -0.4 is 15.4 Å². The van der Waals surface area contributed by atoms with Gasteiger partial charge in [-0.05, 0) is 37.6 Å². The molecule has 0 bridgehead atoms. The molecule has 1 aromatic carbocycles. The number of anilines is 3. The minimum absolute atomic E-state index is 0.306. The van der Waals surface area contributed by atoms with Gasteiger partial charge in [-0.25, -0.2) is 0 Å². The Hall–Kier alpha value is -2.08. The van der Waals surface area contributed by atoms with E-state index in [1.807, 2.05) is 19.1 Å². The van der Waals surface area contributed by atoms with Gasteiger partial charge in [0.2, 0.25) is 11.9 Å². The summed E-state index contributed by atoms with van der Waals surface area (Å²) in [6, 6.07) is 7.65. The van der Waals surface area contributed by atoms with Crippen LogP contribution in [-0.4, -0.2) is 28.1 Å². The molecular formula is C17H24ClN5O. The van der Waals surface area contributed by atoms with E-state index in [9.17, 15) is 0 Å². The van der Waals surface area contributed by atoms with E-state index in [2.05, 4.69) is 32.5 Å². The summed E-state index contributed by atoms with van der Waals surface area (Å²) in [4.78, 5) is 12.9. The third-order valence-corrected chi connectivity index (χ3v) is 3.55. The van der Waals surface area contributed by atoms with Gasteiger partial charge in [-0.1, -0.05) is 37.8 Å². The van der Waals surface area contributed by atoms with Gasteiger partial charge in [-0.2, -0.15) is 15.0 Å². The molecule has 130 valence electrons. The van der Waals surface area contributed by atoms with Crippen molar-refractivity contribution < 1.29 is 4.74 Å². The SMILES string of the molecule is CCCCCCNc1nc(Nc2ccc(Cl)cc2)nc(OCC)n1. The molecule has 0 spiro atoms. The van der Waals surface area contributed by atoms with Crippen LogP contribution >= 0.6 is 11.6 Å². The average Bonchev–Trinajstić information content (AvgIpc) is 2.57. The highest BCUT2D eigenvalue weighted by molar-refractivity contribution is 6.30. The number of benzene rings is 1. The number of halogens is 1. The lowest BCUT2D eigenvalue weighted by Gasteiger charge is -2.10. The second-order valence-corrected chi connectivity index (χ2v) is 5.75. The molecule has 0 saturated carbocycles. The molecule has 0 aliphatic heterocycles. The van der Waals surface area contributed by atoms with E-state index in [0.717, 1.165) is 18.7 Å². The first-order valence-electron chi connectivity index (χ1n) is 8.36. The van der Waals surface area contributed by atoms with E-state index in [0.29, 0.717) is 29.5 Å². The average molecular weight is 350 g/mol. The highest BCUT2D eigenvalue weighted by atomic mass is 35.5. The standard InChI is InChI=1S/C17H24ClN5O/c1-3-5-6-7-12-19-15-21-16(23-17(22-15)24-4-2)20-14-10-8-13(18)9-11-14/h8-11H,3-7,12H2,1-2H3,(H2,19,20,21,22,23). The van der Waals surface area contributed by atoms with E-state index in [4.69, 9.17) is 16.3 Å². The van der Waals surface area contributed by atoms with Gasteiger partial charge in [0.25, 0.3) is 0 Å². The van der Waals surface area contributed by atoms with Crippen LogP contribution in [0, 0.1) is 0 Å². The van der Waals surface area contributed by atoms with Gasteiger partial charge in [0.1, 0.15) is 0 Å². The Labute approximate surface area is 148 Å². The molecule has 2 N–H and O–H groups in total. The Balaban J connectivity index is 2.04. The lowest BCUT2D eigenvalue weighted by atomic mass is 10.2. The Morgan fingerprint density at radius 1 is 0.958 bits per heavy atom. The van der Waals surface area contributed by atoms with Crippen LogP contribution in [0.25, 0.3) is 0 Å². The Kier molecular flexibility index (Phi) is 7.55. The molecule has 0 aliphatic rings. The maximum Gasteiger partial charge on any atom is 0.323 e. The van der Waals surface area contributed by atoms with Crippen LogP contribution in [0.1, 0.15) is 39.5 Å². The van der Waals surface area contributed by atoms with Crippen molar-refractivity contribution in [3.8, 4) is 6.01 Å². The van der Waals surface area contributed by atoms with Gasteiger partial charge < -0.3 is 15.4 Å².